The number of aromatic nitrogens is 1. The summed E-state index contributed by atoms with van der Waals surface area (Å²) < 4.78 is 18.3. The number of thiophene rings is 1. The lowest BCUT2D eigenvalue weighted by molar-refractivity contribution is 0.0900. The second-order valence-corrected chi connectivity index (χ2v) is 7.65. The molecule has 1 N–H and O–H groups in total. The summed E-state index contributed by atoms with van der Waals surface area (Å²) in [5.41, 5.74) is 1.41. The van der Waals surface area contributed by atoms with Gasteiger partial charge in [0.05, 0.1) is 4.88 Å². The summed E-state index contributed by atoms with van der Waals surface area (Å²) in [4.78, 5) is 15.7. The van der Waals surface area contributed by atoms with Gasteiger partial charge in [0.1, 0.15) is 5.82 Å². The second kappa shape index (κ2) is 8.02. The molecular weight excluding hydrogens is 365 g/mol. The molecule has 0 atom stereocenters. The molecular formula is C20H20FN3O2S. The number of amides is 1. The number of hydrogen-bond donors (Lipinski definition) is 1. The predicted molar refractivity (Wildman–Crippen MR) is 102 cm³/mol. The average molecular weight is 385 g/mol. The van der Waals surface area contributed by atoms with Gasteiger partial charge in [-0.05, 0) is 42.0 Å². The largest absolute Gasteiger partial charge is 0.355 e. The number of carbonyl (C=O) groups excluding carboxylic acids is 1. The van der Waals surface area contributed by atoms with Gasteiger partial charge in [0.2, 0.25) is 0 Å². The van der Waals surface area contributed by atoms with Crippen molar-refractivity contribution in [3.63, 3.8) is 0 Å². The van der Waals surface area contributed by atoms with Gasteiger partial charge in [0.15, 0.2) is 11.5 Å². The van der Waals surface area contributed by atoms with Gasteiger partial charge in [-0.3, -0.25) is 9.69 Å². The first-order valence-corrected chi connectivity index (χ1v) is 9.83. The third-order valence-electron chi connectivity index (χ3n) is 4.75. The standard InChI is InChI=1S/C20H20FN3O2S/c21-15-5-3-14(4-6-15)13-24-9-7-16(8-10-24)22-20(25)17-12-18(26-23-17)19-2-1-11-27-19/h1-6,11-12,16H,7-10,13H2,(H,22,25). The molecule has 1 saturated heterocycles. The van der Waals surface area contributed by atoms with Gasteiger partial charge in [0.25, 0.3) is 5.91 Å². The monoisotopic (exact) mass is 385 g/mol. The van der Waals surface area contributed by atoms with E-state index >= 15 is 0 Å². The highest BCUT2D eigenvalue weighted by atomic mass is 32.1. The van der Waals surface area contributed by atoms with Crippen molar-refractivity contribution in [3.05, 3.63) is 64.9 Å². The van der Waals surface area contributed by atoms with Gasteiger partial charge in [0, 0.05) is 31.7 Å². The molecule has 2 aromatic heterocycles. The molecule has 3 aromatic rings. The van der Waals surface area contributed by atoms with E-state index in [1.54, 1.807) is 17.4 Å². The van der Waals surface area contributed by atoms with Crippen molar-refractivity contribution in [2.45, 2.75) is 25.4 Å². The minimum Gasteiger partial charge on any atom is -0.355 e. The zero-order valence-electron chi connectivity index (χ0n) is 14.7. The Labute approximate surface area is 160 Å². The molecule has 1 aliphatic rings. The summed E-state index contributed by atoms with van der Waals surface area (Å²) in [6.07, 6.45) is 1.76. The molecule has 27 heavy (non-hydrogen) atoms. The number of hydrogen-bond acceptors (Lipinski definition) is 5. The molecule has 1 aliphatic heterocycles. The summed E-state index contributed by atoms with van der Waals surface area (Å²) in [5, 5.41) is 8.90. The smallest absolute Gasteiger partial charge is 0.273 e. The third-order valence-corrected chi connectivity index (χ3v) is 5.63. The van der Waals surface area contributed by atoms with Crippen LogP contribution in [0.1, 0.15) is 28.9 Å². The lowest BCUT2D eigenvalue weighted by Crippen LogP contribution is -2.44. The number of benzene rings is 1. The van der Waals surface area contributed by atoms with Crippen LogP contribution in [0.3, 0.4) is 0 Å². The van der Waals surface area contributed by atoms with Crippen molar-refractivity contribution in [2.24, 2.45) is 0 Å². The average Bonchev–Trinajstić information content (AvgIpc) is 3.36. The van der Waals surface area contributed by atoms with Crippen molar-refractivity contribution in [1.82, 2.24) is 15.4 Å². The van der Waals surface area contributed by atoms with E-state index < -0.39 is 0 Å². The van der Waals surface area contributed by atoms with Crippen molar-refractivity contribution < 1.29 is 13.7 Å². The Morgan fingerprint density at radius 3 is 2.74 bits per heavy atom. The molecule has 1 fully saturated rings. The molecule has 0 saturated carbocycles. The molecule has 7 heteroatoms. The highest BCUT2D eigenvalue weighted by molar-refractivity contribution is 7.13. The van der Waals surface area contributed by atoms with Gasteiger partial charge in [-0.25, -0.2) is 4.39 Å². The van der Waals surface area contributed by atoms with Crippen molar-refractivity contribution >= 4 is 17.2 Å². The van der Waals surface area contributed by atoms with E-state index in [0.717, 1.165) is 42.9 Å². The Morgan fingerprint density at radius 2 is 2.04 bits per heavy atom. The highest BCUT2D eigenvalue weighted by Gasteiger charge is 2.23. The van der Waals surface area contributed by atoms with E-state index in [0.29, 0.717) is 11.5 Å². The van der Waals surface area contributed by atoms with Crippen LogP contribution in [0.25, 0.3) is 10.6 Å². The van der Waals surface area contributed by atoms with E-state index in [9.17, 15) is 9.18 Å². The third kappa shape index (κ3) is 4.43. The minimum absolute atomic E-state index is 0.129. The van der Waals surface area contributed by atoms with E-state index in [2.05, 4.69) is 15.4 Å². The van der Waals surface area contributed by atoms with Gasteiger partial charge >= 0.3 is 0 Å². The van der Waals surface area contributed by atoms with Crippen LogP contribution >= 0.6 is 11.3 Å². The number of nitrogens with zero attached hydrogens (tertiary/aromatic N) is 2. The minimum atomic E-state index is -0.213. The van der Waals surface area contributed by atoms with Gasteiger partial charge in [-0.15, -0.1) is 11.3 Å². The fraction of sp³-hybridized carbons (Fsp3) is 0.300. The molecule has 1 aromatic carbocycles. The molecule has 0 bridgehead atoms. The molecule has 0 aliphatic carbocycles. The maximum atomic E-state index is 13.0. The lowest BCUT2D eigenvalue weighted by atomic mass is 10.0. The Hall–Kier alpha value is -2.51. The van der Waals surface area contributed by atoms with E-state index in [1.165, 1.54) is 12.1 Å². The van der Waals surface area contributed by atoms with Gasteiger partial charge in [-0.1, -0.05) is 23.4 Å². The normalized spacial score (nSPS) is 15.7. The first kappa shape index (κ1) is 17.9. The molecule has 3 heterocycles. The van der Waals surface area contributed by atoms with Crippen LogP contribution in [-0.4, -0.2) is 35.1 Å². The van der Waals surface area contributed by atoms with Crippen molar-refractivity contribution in [1.29, 1.82) is 0 Å². The summed E-state index contributed by atoms with van der Waals surface area (Å²) >= 11 is 1.55. The zero-order chi connectivity index (χ0) is 18.6. The zero-order valence-corrected chi connectivity index (χ0v) is 15.5. The number of nitrogens with one attached hydrogen (secondary N) is 1. The molecule has 1 amide bonds. The molecule has 0 radical (unpaired) electrons. The summed E-state index contributed by atoms with van der Waals surface area (Å²) in [7, 11) is 0. The number of rotatable bonds is 5. The topological polar surface area (TPSA) is 58.4 Å². The Morgan fingerprint density at radius 1 is 1.26 bits per heavy atom. The highest BCUT2D eigenvalue weighted by Crippen LogP contribution is 2.25. The lowest BCUT2D eigenvalue weighted by Gasteiger charge is -2.32. The van der Waals surface area contributed by atoms with E-state index in [1.807, 2.05) is 29.6 Å². The molecule has 140 valence electrons. The number of likely N-dealkylation sites (tertiary alicyclic amines) is 1. The maximum Gasteiger partial charge on any atom is 0.273 e. The van der Waals surface area contributed by atoms with Crippen LogP contribution < -0.4 is 5.32 Å². The summed E-state index contributed by atoms with van der Waals surface area (Å²) in [6.45, 7) is 2.58. The SMILES string of the molecule is O=C(NC1CCN(Cc2ccc(F)cc2)CC1)c1cc(-c2cccs2)on1. The quantitative estimate of drug-likeness (QED) is 0.723. The van der Waals surface area contributed by atoms with Crippen LogP contribution in [0.15, 0.2) is 52.4 Å². The number of piperidine rings is 1. The predicted octanol–water partition coefficient (Wildman–Crippen LogP) is 3.94. The molecule has 0 spiro atoms. The molecule has 4 rings (SSSR count). The molecule has 0 unspecified atom stereocenters. The summed E-state index contributed by atoms with van der Waals surface area (Å²) in [6, 6.07) is 12.3. The van der Waals surface area contributed by atoms with E-state index in [4.69, 9.17) is 4.52 Å². The number of halogens is 1. The van der Waals surface area contributed by atoms with Crippen molar-refractivity contribution in [2.75, 3.05) is 13.1 Å². The van der Waals surface area contributed by atoms with Gasteiger partial charge in [-0.2, -0.15) is 0 Å². The first-order chi connectivity index (χ1) is 13.2. The van der Waals surface area contributed by atoms with Crippen molar-refractivity contribution in [3.8, 4) is 10.6 Å². The van der Waals surface area contributed by atoms with Crippen LogP contribution in [0.2, 0.25) is 0 Å². The van der Waals surface area contributed by atoms with Crippen LogP contribution in [0.4, 0.5) is 4.39 Å². The summed E-state index contributed by atoms with van der Waals surface area (Å²) in [5.74, 6) is 0.207. The Balaban J connectivity index is 1.27. The molecule has 5 nitrogen and oxygen atoms in total. The van der Waals surface area contributed by atoms with Crippen LogP contribution in [0.5, 0.6) is 0 Å². The van der Waals surface area contributed by atoms with Crippen LogP contribution in [0, 0.1) is 5.82 Å². The second-order valence-electron chi connectivity index (χ2n) is 6.70. The van der Waals surface area contributed by atoms with E-state index in [-0.39, 0.29) is 17.8 Å². The Kier molecular flexibility index (Phi) is 5.31. The van der Waals surface area contributed by atoms with Gasteiger partial charge < -0.3 is 9.84 Å². The van der Waals surface area contributed by atoms with Crippen LogP contribution in [-0.2, 0) is 6.54 Å². The fourth-order valence-corrected chi connectivity index (χ4v) is 3.93. The number of carbonyl (C=O) groups is 1. The maximum absolute atomic E-state index is 13.0. The fourth-order valence-electron chi connectivity index (χ4n) is 3.26. The Bertz CT molecular complexity index is 884. The first-order valence-electron chi connectivity index (χ1n) is 8.95.